The van der Waals surface area contributed by atoms with E-state index in [-0.39, 0.29) is 13.0 Å². The van der Waals surface area contributed by atoms with Crippen molar-refractivity contribution in [2.45, 2.75) is 38.8 Å². The first-order valence-corrected chi connectivity index (χ1v) is 8.45. The molecule has 0 heterocycles. The summed E-state index contributed by atoms with van der Waals surface area (Å²) in [6.07, 6.45) is -0.489. The van der Waals surface area contributed by atoms with Crippen molar-refractivity contribution >= 4 is 29.6 Å². The second-order valence-corrected chi connectivity index (χ2v) is 7.24. The fourth-order valence-corrected chi connectivity index (χ4v) is 2.23. The average Bonchev–Trinajstić information content (AvgIpc) is 2.53. The minimum atomic E-state index is -0.902. The molecule has 1 aromatic rings. The van der Waals surface area contributed by atoms with Gasteiger partial charge in [0.2, 0.25) is 5.91 Å². The highest BCUT2D eigenvalue weighted by Crippen LogP contribution is 2.13. The fraction of sp³-hybridized carbons (Fsp3) is 0.500. The number of likely N-dealkylation sites (N-methyl/N-ethyl adjacent to an activating group) is 1. The Morgan fingerprint density at radius 2 is 1.77 bits per heavy atom. The molecule has 7 nitrogen and oxygen atoms in total. The summed E-state index contributed by atoms with van der Waals surface area (Å²) < 4.78 is 9.79. The molecular formula is C18H25ClN2O5. The van der Waals surface area contributed by atoms with Gasteiger partial charge in [-0.05, 0) is 38.5 Å². The SMILES string of the molecule is COC(=O)CN(C)C(=O)[C@H](Cc1ccc(Cl)cc1)NC(=O)OC(C)(C)C. The molecule has 8 heteroatoms. The molecule has 0 saturated carbocycles. The lowest BCUT2D eigenvalue weighted by molar-refractivity contribution is -0.146. The van der Waals surface area contributed by atoms with E-state index in [9.17, 15) is 14.4 Å². The van der Waals surface area contributed by atoms with Crippen LogP contribution in [0.15, 0.2) is 24.3 Å². The molecule has 2 amide bonds. The van der Waals surface area contributed by atoms with Crippen LogP contribution in [0.25, 0.3) is 0 Å². The maximum absolute atomic E-state index is 12.7. The number of esters is 1. The van der Waals surface area contributed by atoms with Crippen LogP contribution < -0.4 is 5.32 Å². The Hall–Kier alpha value is -2.28. The largest absolute Gasteiger partial charge is 0.468 e. The Morgan fingerprint density at radius 1 is 1.19 bits per heavy atom. The van der Waals surface area contributed by atoms with Crippen molar-refractivity contribution in [1.82, 2.24) is 10.2 Å². The smallest absolute Gasteiger partial charge is 0.408 e. The van der Waals surface area contributed by atoms with Crippen molar-refractivity contribution in [1.29, 1.82) is 0 Å². The van der Waals surface area contributed by atoms with E-state index >= 15 is 0 Å². The van der Waals surface area contributed by atoms with E-state index in [0.29, 0.717) is 5.02 Å². The number of nitrogens with zero attached hydrogens (tertiary/aromatic N) is 1. The molecule has 0 bridgehead atoms. The predicted octanol–water partition coefficient (Wildman–Crippen LogP) is 2.41. The molecule has 1 atom stereocenters. The molecule has 1 N–H and O–H groups in total. The summed E-state index contributed by atoms with van der Waals surface area (Å²) in [4.78, 5) is 37.4. The number of alkyl carbamates (subject to hydrolysis) is 1. The monoisotopic (exact) mass is 384 g/mol. The molecule has 0 saturated heterocycles. The van der Waals surface area contributed by atoms with Crippen LogP contribution >= 0.6 is 11.6 Å². The van der Waals surface area contributed by atoms with Gasteiger partial charge in [0, 0.05) is 18.5 Å². The molecule has 1 aromatic carbocycles. The molecule has 0 aliphatic rings. The molecule has 0 aromatic heterocycles. The molecule has 1 rings (SSSR count). The minimum absolute atomic E-state index is 0.220. The Bertz CT molecular complexity index is 640. The van der Waals surface area contributed by atoms with E-state index in [1.807, 2.05) is 0 Å². The summed E-state index contributed by atoms with van der Waals surface area (Å²) in [5.41, 5.74) is 0.103. The van der Waals surface area contributed by atoms with Crippen molar-refractivity contribution in [2.24, 2.45) is 0 Å². The van der Waals surface area contributed by atoms with Crippen LogP contribution in [0.2, 0.25) is 5.02 Å². The van der Waals surface area contributed by atoms with E-state index in [2.05, 4.69) is 10.1 Å². The van der Waals surface area contributed by atoms with Gasteiger partial charge in [-0.3, -0.25) is 9.59 Å². The summed E-state index contributed by atoms with van der Waals surface area (Å²) in [5.74, 6) is -0.987. The van der Waals surface area contributed by atoms with Crippen molar-refractivity contribution in [3.8, 4) is 0 Å². The quantitative estimate of drug-likeness (QED) is 0.761. The first-order valence-electron chi connectivity index (χ1n) is 8.07. The van der Waals surface area contributed by atoms with E-state index in [0.717, 1.165) is 5.56 Å². The van der Waals surface area contributed by atoms with Gasteiger partial charge in [-0.15, -0.1) is 0 Å². The number of halogens is 1. The Morgan fingerprint density at radius 3 is 2.27 bits per heavy atom. The van der Waals surface area contributed by atoms with Gasteiger partial charge < -0.3 is 19.7 Å². The maximum Gasteiger partial charge on any atom is 0.408 e. The first-order chi connectivity index (χ1) is 12.0. The number of ether oxygens (including phenoxy) is 2. The molecule has 0 fully saturated rings. The molecule has 26 heavy (non-hydrogen) atoms. The maximum atomic E-state index is 12.7. The standard InChI is InChI=1S/C18H25ClN2O5/c1-18(2,3)26-17(24)20-14(10-12-6-8-13(19)9-7-12)16(23)21(4)11-15(22)25-5/h6-9,14H,10-11H2,1-5H3,(H,20,24)/t14-/m0/s1. The van der Waals surface area contributed by atoms with E-state index in [4.69, 9.17) is 16.3 Å². The fourth-order valence-electron chi connectivity index (χ4n) is 2.11. The van der Waals surface area contributed by atoms with E-state index in [1.165, 1.54) is 19.1 Å². The summed E-state index contributed by atoms with van der Waals surface area (Å²) in [6.45, 7) is 4.96. The summed E-state index contributed by atoms with van der Waals surface area (Å²) >= 11 is 5.88. The Balaban J connectivity index is 2.92. The zero-order chi connectivity index (χ0) is 19.9. The van der Waals surface area contributed by atoms with Gasteiger partial charge in [-0.2, -0.15) is 0 Å². The second kappa shape index (κ2) is 9.43. The molecule has 0 aliphatic heterocycles. The van der Waals surface area contributed by atoms with Gasteiger partial charge in [0.1, 0.15) is 18.2 Å². The number of rotatable bonds is 6. The third-order valence-corrected chi connectivity index (χ3v) is 3.56. The van der Waals surface area contributed by atoms with Gasteiger partial charge in [0.15, 0.2) is 0 Å². The number of methoxy groups -OCH3 is 1. The molecule has 0 spiro atoms. The first kappa shape index (κ1) is 21.8. The third-order valence-electron chi connectivity index (χ3n) is 3.31. The van der Waals surface area contributed by atoms with Crippen LogP contribution in [0.4, 0.5) is 4.79 Å². The third kappa shape index (κ3) is 7.74. The highest BCUT2D eigenvalue weighted by Gasteiger charge is 2.28. The molecule has 0 unspecified atom stereocenters. The molecule has 0 aliphatic carbocycles. The van der Waals surface area contributed by atoms with Crippen LogP contribution in [-0.4, -0.2) is 55.2 Å². The van der Waals surface area contributed by atoms with Crippen LogP contribution in [-0.2, 0) is 25.5 Å². The summed E-state index contributed by atoms with van der Waals surface area (Å²) in [6, 6.07) is 6.02. The highest BCUT2D eigenvalue weighted by atomic mass is 35.5. The van der Waals surface area contributed by atoms with E-state index in [1.54, 1.807) is 45.0 Å². The molecule has 144 valence electrons. The van der Waals surface area contributed by atoms with Gasteiger partial charge in [-0.1, -0.05) is 23.7 Å². The van der Waals surface area contributed by atoms with Gasteiger partial charge in [-0.25, -0.2) is 4.79 Å². The molecule has 0 radical (unpaired) electrons. The molecular weight excluding hydrogens is 360 g/mol. The summed E-state index contributed by atoms with van der Waals surface area (Å²) in [5, 5.41) is 3.14. The zero-order valence-electron chi connectivity index (χ0n) is 15.7. The number of nitrogens with one attached hydrogen (secondary N) is 1. The Labute approximate surface area is 158 Å². The predicted molar refractivity (Wildman–Crippen MR) is 98.0 cm³/mol. The number of hydrogen-bond acceptors (Lipinski definition) is 5. The number of hydrogen-bond donors (Lipinski definition) is 1. The van der Waals surface area contributed by atoms with Crippen molar-refractivity contribution in [2.75, 3.05) is 20.7 Å². The number of carbonyl (C=O) groups excluding carboxylic acids is 3. The minimum Gasteiger partial charge on any atom is -0.468 e. The topological polar surface area (TPSA) is 84.9 Å². The number of amides is 2. The van der Waals surface area contributed by atoms with Gasteiger partial charge in [0.25, 0.3) is 0 Å². The summed E-state index contributed by atoms with van der Waals surface area (Å²) in [7, 11) is 2.70. The Kier molecular flexibility index (Phi) is 7.89. The lowest BCUT2D eigenvalue weighted by Gasteiger charge is -2.26. The average molecular weight is 385 g/mol. The number of carbonyl (C=O) groups is 3. The van der Waals surface area contributed by atoms with Crippen molar-refractivity contribution in [3.63, 3.8) is 0 Å². The second-order valence-electron chi connectivity index (χ2n) is 6.80. The zero-order valence-corrected chi connectivity index (χ0v) is 16.4. The lowest BCUT2D eigenvalue weighted by Crippen LogP contribution is -2.50. The van der Waals surface area contributed by atoms with Gasteiger partial charge >= 0.3 is 12.1 Å². The van der Waals surface area contributed by atoms with Crippen LogP contribution in [0.1, 0.15) is 26.3 Å². The van der Waals surface area contributed by atoms with Crippen molar-refractivity contribution in [3.05, 3.63) is 34.9 Å². The highest BCUT2D eigenvalue weighted by molar-refractivity contribution is 6.30. The van der Waals surface area contributed by atoms with Crippen LogP contribution in [0.5, 0.6) is 0 Å². The van der Waals surface area contributed by atoms with Gasteiger partial charge in [0.05, 0.1) is 7.11 Å². The van der Waals surface area contributed by atoms with Crippen LogP contribution in [0.3, 0.4) is 0 Å². The number of benzene rings is 1. The van der Waals surface area contributed by atoms with Crippen molar-refractivity contribution < 1.29 is 23.9 Å². The lowest BCUT2D eigenvalue weighted by atomic mass is 10.0. The normalized spacial score (nSPS) is 12.1. The van der Waals surface area contributed by atoms with E-state index < -0.39 is 29.6 Å². The van der Waals surface area contributed by atoms with Crippen LogP contribution in [0, 0.1) is 0 Å².